The maximum absolute atomic E-state index is 13.4. The van der Waals surface area contributed by atoms with Crippen molar-refractivity contribution < 1.29 is 35.5 Å². The molecule has 0 aromatic heterocycles. The standard InChI is InChI=1S/C14H7F7O/c15-10-6-8(5-9(7-10)13(16,17)18)11-3-1-2-4-12(11)22-14(19,20)21/h1-7H. The van der Waals surface area contributed by atoms with E-state index in [2.05, 4.69) is 4.74 Å². The lowest BCUT2D eigenvalue weighted by atomic mass is 10.0. The second-order valence-corrected chi connectivity index (χ2v) is 4.27. The zero-order valence-corrected chi connectivity index (χ0v) is 10.6. The highest BCUT2D eigenvalue weighted by atomic mass is 19.4. The van der Waals surface area contributed by atoms with Gasteiger partial charge in [-0.15, -0.1) is 13.2 Å². The Hall–Kier alpha value is -2.25. The topological polar surface area (TPSA) is 9.23 Å². The van der Waals surface area contributed by atoms with E-state index in [1.807, 2.05) is 0 Å². The highest BCUT2D eigenvalue weighted by molar-refractivity contribution is 5.71. The van der Waals surface area contributed by atoms with E-state index in [0.717, 1.165) is 12.1 Å². The van der Waals surface area contributed by atoms with Crippen LogP contribution in [-0.2, 0) is 6.18 Å². The van der Waals surface area contributed by atoms with Crippen molar-refractivity contribution in [1.29, 1.82) is 0 Å². The highest BCUT2D eigenvalue weighted by Gasteiger charge is 2.33. The van der Waals surface area contributed by atoms with Crippen molar-refractivity contribution in [3.05, 3.63) is 53.8 Å². The van der Waals surface area contributed by atoms with Gasteiger partial charge in [0.25, 0.3) is 0 Å². The van der Waals surface area contributed by atoms with Crippen LogP contribution in [0.3, 0.4) is 0 Å². The van der Waals surface area contributed by atoms with Crippen molar-refractivity contribution in [2.45, 2.75) is 12.5 Å². The van der Waals surface area contributed by atoms with Gasteiger partial charge < -0.3 is 4.74 Å². The summed E-state index contributed by atoms with van der Waals surface area (Å²) in [5.41, 5.74) is -1.97. The maximum atomic E-state index is 13.4. The Morgan fingerprint density at radius 1 is 0.818 bits per heavy atom. The van der Waals surface area contributed by atoms with Crippen LogP contribution in [0.2, 0.25) is 0 Å². The van der Waals surface area contributed by atoms with Crippen LogP contribution >= 0.6 is 0 Å². The van der Waals surface area contributed by atoms with Crippen LogP contribution < -0.4 is 4.74 Å². The average molecular weight is 324 g/mol. The minimum absolute atomic E-state index is 0.261. The van der Waals surface area contributed by atoms with E-state index in [1.54, 1.807) is 0 Å². The SMILES string of the molecule is Fc1cc(-c2ccccc2OC(F)(F)F)cc(C(F)(F)F)c1. The van der Waals surface area contributed by atoms with Gasteiger partial charge in [-0.05, 0) is 29.8 Å². The lowest BCUT2D eigenvalue weighted by Gasteiger charge is -2.14. The number of para-hydroxylation sites is 1. The number of alkyl halides is 6. The Bertz CT molecular complexity index is 674. The molecule has 0 aliphatic carbocycles. The minimum Gasteiger partial charge on any atom is -0.405 e. The highest BCUT2D eigenvalue weighted by Crippen LogP contribution is 2.37. The Labute approximate surface area is 119 Å². The first kappa shape index (κ1) is 16.1. The van der Waals surface area contributed by atoms with Gasteiger partial charge in [-0.1, -0.05) is 18.2 Å². The summed E-state index contributed by atoms with van der Waals surface area (Å²) in [5.74, 6) is -1.93. The molecule has 0 amide bonds. The number of rotatable bonds is 2. The van der Waals surface area contributed by atoms with Gasteiger partial charge >= 0.3 is 12.5 Å². The largest absolute Gasteiger partial charge is 0.573 e. The van der Waals surface area contributed by atoms with Crippen LogP contribution in [0.4, 0.5) is 30.7 Å². The first-order chi connectivity index (χ1) is 10.1. The third kappa shape index (κ3) is 3.90. The third-order valence-electron chi connectivity index (χ3n) is 2.65. The average Bonchev–Trinajstić information content (AvgIpc) is 2.35. The predicted molar refractivity (Wildman–Crippen MR) is 63.5 cm³/mol. The fraction of sp³-hybridized carbons (Fsp3) is 0.143. The number of hydrogen-bond donors (Lipinski definition) is 0. The number of benzene rings is 2. The molecule has 2 aromatic rings. The third-order valence-corrected chi connectivity index (χ3v) is 2.65. The molecule has 0 spiro atoms. The van der Waals surface area contributed by atoms with E-state index in [4.69, 9.17) is 0 Å². The molecule has 0 bridgehead atoms. The molecule has 8 heteroatoms. The van der Waals surface area contributed by atoms with E-state index in [-0.39, 0.29) is 17.2 Å². The molecule has 2 aromatic carbocycles. The van der Waals surface area contributed by atoms with Crippen LogP contribution in [0, 0.1) is 5.82 Å². The summed E-state index contributed by atoms with van der Waals surface area (Å²) in [5, 5.41) is 0. The molecule has 118 valence electrons. The van der Waals surface area contributed by atoms with Gasteiger partial charge in [0.05, 0.1) is 5.56 Å². The Morgan fingerprint density at radius 2 is 1.45 bits per heavy atom. The molecular formula is C14H7F7O. The molecule has 0 aliphatic rings. The van der Waals surface area contributed by atoms with Crippen LogP contribution in [-0.4, -0.2) is 6.36 Å². The molecule has 22 heavy (non-hydrogen) atoms. The monoisotopic (exact) mass is 324 g/mol. The molecule has 1 nitrogen and oxygen atoms in total. The molecule has 0 N–H and O–H groups in total. The molecule has 0 heterocycles. The van der Waals surface area contributed by atoms with Gasteiger partial charge in [0.1, 0.15) is 11.6 Å². The normalized spacial score (nSPS) is 12.3. The van der Waals surface area contributed by atoms with Crippen LogP contribution in [0.5, 0.6) is 5.75 Å². The van der Waals surface area contributed by atoms with Crippen molar-refractivity contribution in [3.8, 4) is 16.9 Å². The van der Waals surface area contributed by atoms with Crippen LogP contribution in [0.25, 0.3) is 11.1 Å². The fourth-order valence-electron chi connectivity index (χ4n) is 1.83. The summed E-state index contributed by atoms with van der Waals surface area (Å²) in [6.45, 7) is 0. The first-order valence-electron chi connectivity index (χ1n) is 5.79. The molecule has 0 unspecified atom stereocenters. The predicted octanol–water partition coefficient (Wildman–Crippen LogP) is 5.41. The van der Waals surface area contributed by atoms with Crippen molar-refractivity contribution >= 4 is 0 Å². The zero-order chi connectivity index (χ0) is 16.5. The second-order valence-electron chi connectivity index (χ2n) is 4.27. The van der Waals surface area contributed by atoms with E-state index in [0.29, 0.717) is 12.1 Å². The van der Waals surface area contributed by atoms with E-state index in [1.165, 1.54) is 12.1 Å². The zero-order valence-electron chi connectivity index (χ0n) is 10.6. The molecular weight excluding hydrogens is 317 g/mol. The smallest absolute Gasteiger partial charge is 0.405 e. The first-order valence-corrected chi connectivity index (χ1v) is 5.79. The second kappa shape index (κ2) is 5.51. The molecule has 0 saturated carbocycles. The molecule has 0 radical (unpaired) electrons. The van der Waals surface area contributed by atoms with Gasteiger partial charge in [-0.3, -0.25) is 0 Å². The number of halogens is 7. The lowest BCUT2D eigenvalue weighted by Crippen LogP contribution is -2.17. The molecule has 0 fully saturated rings. The summed E-state index contributed by atoms with van der Waals surface area (Å²) in [7, 11) is 0. The maximum Gasteiger partial charge on any atom is 0.573 e. The Morgan fingerprint density at radius 3 is 2.05 bits per heavy atom. The lowest BCUT2D eigenvalue weighted by molar-refractivity contribution is -0.274. The summed E-state index contributed by atoms with van der Waals surface area (Å²) in [6.07, 6.45) is -9.84. The molecule has 0 aliphatic heterocycles. The van der Waals surface area contributed by atoms with Crippen LogP contribution in [0.1, 0.15) is 5.56 Å². The Balaban J connectivity index is 2.55. The van der Waals surface area contributed by atoms with Crippen LogP contribution in [0.15, 0.2) is 42.5 Å². The molecule has 0 saturated heterocycles. The number of hydrogen-bond acceptors (Lipinski definition) is 1. The van der Waals surface area contributed by atoms with Crippen molar-refractivity contribution in [2.75, 3.05) is 0 Å². The Kier molecular flexibility index (Phi) is 4.04. The summed E-state index contributed by atoms with van der Waals surface area (Å²) in [6, 6.07) is 6.08. The van der Waals surface area contributed by atoms with Crippen molar-refractivity contribution in [3.63, 3.8) is 0 Å². The number of ether oxygens (including phenoxy) is 1. The summed E-state index contributed by atoms with van der Waals surface area (Å²) < 4.78 is 92.0. The summed E-state index contributed by atoms with van der Waals surface area (Å²) >= 11 is 0. The molecule has 0 atom stereocenters. The van der Waals surface area contributed by atoms with Gasteiger partial charge in [-0.25, -0.2) is 4.39 Å². The van der Waals surface area contributed by atoms with Crippen molar-refractivity contribution in [2.24, 2.45) is 0 Å². The van der Waals surface area contributed by atoms with Gasteiger partial charge in [0.2, 0.25) is 0 Å². The molecule has 2 rings (SSSR count). The quantitative estimate of drug-likeness (QED) is 0.671. The van der Waals surface area contributed by atoms with Crippen molar-refractivity contribution in [1.82, 2.24) is 0 Å². The fourth-order valence-corrected chi connectivity index (χ4v) is 1.83. The van der Waals surface area contributed by atoms with Gasteiger partial charge in [0, 0.05) is 5.56 Å². The summed E-state index contributed by atoms with van der Waals surface area (Å²) in [4.78, 5) is 0. The van der Waals surface area contributed by atoms with E-state index < -0.39 is 29.7 Å². The van der Waals surface area contributed by atoms with Gasteiger partial charge in [0.15, 0.2) is 0 Å². The minimum atomic E-state index is -5.02. The van der Waals surface area contributed by atoms with E-state index in [9.17, 15) is 30.7 Å². The van der Waals surface area contributed by atoms with Gasteiger partial charge in [-0.2, -0.15) is 13.2 Å². The van der Waals surface area contributed by atoms with E-state index >= 15 is 0 Å².